The quantitative estimate of drug-likeness (QED) is 0.796. The maximum atomic E-state index is 11.5. The lowest BCUT2D eigenvalue weighted by molar-refractivity contribution is -0.148. The molecule has 0 radical (unpaired) electrons. The molecule has 1 amide bonds. The molecule has 6 heteroatoms. The van der Waals surface area contributed by atoms with Crippen molar-refractivity contribution in [2.24, 2.45) is 0 Å². The van der Waals surface area contributed by atoms with Gasteiger partial charge >= 0.3 is 5.97 Å². The van der Waals surface area contributed by atoms with Gasteiger partial charge in [0, 0.05) is 13.0 Å². The van der Waals surface area contributed by atoms with Gasteiger partial charge < -0.3 is 19.5 Å². The largest absolute Gasteiger partial charge is 0.456 e. The van der Waals surface area contributed by atoms with Crippen LogP contribution in [0.4, 0.5) is 0 Å². The van der Waals surface area contributed by atoms with Crippen molar-refractivity contribution in [2.75, 3.05) is 13.4 Å². The maximum Gasteiger partial charge on any atom is 0.306 e. The van der Waals surface area contributed by atoms with Crippen LogP contribution >= 0.6 is 0 Å². The molecule has 108 valence electrons. The fraction of sp³-hybridized carbons (Fsp3) is 0.429. The first-order chi connectivity index (χ1) is 9.69. The number of carbonyl (C=O) groups is 2. The summed E-state index contributed by atoms with van der Waals surface area (Å²) in [5.41, 5.74) is 0.891. The summed E-state index contributed by atoms with van der Waals surface area (Å²) in [7, 11) is 0. The van der Waals surface area contributed by atoms with E-state index in [0.717, 1.165) is 5.56 Å². The summed E-state index contributed by atoms with van der Waals surface area (Å²) in [6.45, 7) is 2.20. The third-order valence-electron chi connectivity index (χ3n) is 2.75. The summed E-state index contributed by atoms with van der Waals surface area (Å²) < 4.78 is 15.3. The van der Waals surface area contributed by atoms with Crippen LogP contribution in [0, 0.1) is 0 Å². The highest BCUT2D eigenvalue weighted by Crippen LogP contribution is 2.32. The summed E-state index contributed by atoms with van der Waals surface area (Å²) in [6, 6.07) is 5.45. The van der Waals surface area contributed by atoms with Crippen LogP contribution < -0.4 is 14.8 Å². The van der Waals surface area contributed by atoms with E-state index in [9.17, 15) is 9.59 Å². The Balaban J connectivity index is 1.74. The lowest BCUT2D eigenvalue weighted by Gasteiger charge is -2.07. The van der Waals surface area contributed by atoms with Crippen molar-refractivity contribution in [3.05, 3.63) is 23.8 Å². The first-order valence-electron chi connectivity index (χ1n) is 6.50. The van der Waals surface area contributed by atoms with Crippen molar-refractivity contribution in [3.8, 4) is 11.5 Å². The molecule has 0 spiro atoms. The van der Waals surface area contributed by atoms with Crippen LogP contribution in [-0.4, -0.2) is 25.3 Å². The van der Waals surface area contributed by atoms with Crippen molar-refractivity contribution < 1.29 is 23.8 Å². The molecule has 1 aromatic carbocycles. The molecule has 20 heavy (non-hydrogen) atoms. The molecule has 6 nitrogen and oxygen atoms in total. The standard InChI is InChI=1S/C14H17NO5/c1-2-3-14(17)18-8-13(16)15-7-10-4-5-11-12(6-10)20-9-19-11/h4-6H,2-3,7-9H2,1H3,(H,15,16). The maximum absolute atomic E-state index is 11.5. The van der Waals surface area contributed by atoms with Crippen LogP contribution in [0.2, 0.25) is 0 Å². The molecule has 0 atom stereocenters. The van der Waals surface area contributed by atoms with E-state index in [1.807, 2.05) is 19.1 Å². The number of benzene rings is 1. The van der Waals surface area contributed by atoms with Crippen molar-refractivity contribution >= 4 is 11.9 Å². The third kappa shape index (κ3) is 3.88. The Morgan fingerprint density at radius 2 is 2.10 bits per heavy atom. The predicted molar refractivity (Wildman–Crippen MR) is 70.3 cm³/mol. The number of hydrogen-bond donors (Lipinski definition) is 1. The Hall–Kier alpha value is -2.24. The van der Waals surface area contributed by atoms with Gasteiger partial charge in [0.05, 0.1) is 0 Å². The van der Waals surface area contributed by atoms with Crippen LogP contribution in [0.1, 0.15) is 25.3 Å². The van der Waals surface area contributed by atoms with Crippen LogP contribution in [-0.2, 0) is 20.9 Å². The van der Waals surface area contributed by atoms with E-state index < -0.39 is 0 Å². The molecule has 0 unspecified atom stereocenters. The van der Waals surface area contributed by atoms with Crippen molar-refractivity contribution in [2.45, 2.75) is 26.3 Å². The topological polar surface area (TPSA) is 73.9 Å². The highest BCUT2D eigenvalue weighted by Gasteiger charge is 2.13. The van der Waals surface area contributed by atoms with Crippen LogP contribution in [0.15, 0.2) is 18.2 Å². The zero-order chi connectivity index (χ0) is 14.4. The second kappa shape index (κ2) is 6.79. The second-order valence-electron chi connectivity index (χ2n) is 4.38. The highest BCUT2D eigenvalue weighted by molar-refractivity contribution is 5.80. The van der Waals surface area contributed by atoms with Gasteiger partial charge in [-0.25, -0.2) is 0 Å². The Kier molecular flexibility index (Phi) is 4.81. The minimum Gasteiger partial charge on any atom is -0.456 e. The zero-order valence-electron chi connectivity index (χ0n) is 11.3. The molecule has 0 saturated heterocycles. The number of fused-ring (bicyclic) bond motifs is 1. The van der Waals surface area contributed by atoms with E-state index in [1.54, 1.807) is 6.07 Å². The van der Waals surface area contributed by atoms with E-state index in [1.165, 1.54) is 0 Å². The lowest BCUT2D eigenvalue weighted by atomic mass is 10.2. The Morgan fingerprint density at radius 1 is 1.30 bits per heavy atom. The number of hydrogen-bond acceptors (Lipinski definition) is 5. The number of nitrogens with one attached hydrogen (secondary N) is 1. The Labute approximate surface area is 117 Å². The zero-order valence-corrected chi connectivity index (χ0v) is 11.3. The van der Waals surface area contributed by atoms with Gasteiger partial charge in [-0.1, -0.05) is 13.0 Å². The normalized spacial score (nSPS) is 12.1. The van der Waals surface area contributed by atoms with Gasteiger partial charge in [-0.2, -0.15) is 0 Å². The van der Waals surface area contributed by atoms with E-state index in [2.05, 4.69) is 5.32 Å². The predicted octanol–water partition coefficient (Wildman–Crippen LogP) is 1.37. The molecule has 0 fully saturated rings. The molecule has 0 bridgehead atoms. The number of rotatable bonds is 6. The molecule has 1 aliphatic heterocycles. The van der Waals surface area contributed by atoms with Crippen LogP contribution in [0.3, 0.4) is 0 Å². The van der Waals surface area contributed by atoms with E-state index in [-0.39, 0.29) is 25.3 Å². The van der Waals surface area contributed by atoms with Crippen molar-refractivity contribution in [3.63, 3.8) is 0 Å². The van der Waals surface area contributed by atoms with E-state index in [4.69, 9.17) is 14.2 Å². The van der Waals surface area contributed by atoms with Gasteiger partial charge in [-0.15, -0.1) is 0 Å². The van der Waals surface area contributed by atoms with Gasteiger partial charge in [0.15, 0.2) is 18.1 Å². The first kappa shape index (κ1) is 14.2. The number of carbonyl (C=O) groups excluding carboxylic acids is 2. The van der Waals surface area contributed by atoms with Gasteiger partial charge in [-0.05, 0) is 24.1 Å². The molecule has 0 aliphatic carbocycles. The molecular formula is C14H17NO5. The minimum absolute atomic E-state index is 0.221. The Bertz CT molecular complexity index is 500. The molecular weight excluding hydrogens is 262 g/mol. The third-order valence-corrected chi connectivity index (χ3v) is 2.75. The highest BCUT2D eigenvalue weighted by atomic mass is 16.7. The monoisotopic (exact) mass is 279 g/mol. The lowest BCUT2D eigenvalue weighted by Crippen LogP contribution is -2.28. The van der Waals surface area contributed by atoms with E-state index in [0.29, 0.717) is 30.9 Å². The average molecular weight is 279 g/mol. The SMILES string of the molecule is CCCC(=O)OCC(=O)NCc1ccc2c(c1)OCO2. The molecule has 0 aromatic heterocycles. The fourth-order valence-electron chi connectivity index (χ4n) is 1.72. The molecule has 1 aromatic rings. The second-order valence-corrected chi connectivity index (χ2v) is 4.38. The van der Waals surface area contributed by atoms with Crippen molar-refractivity contribution in [1.29, 1.82) is 0 Å². The first-order valence-corrected chi connectivity index (χ1v) is 6.50. The van der Waals surface area contributed by atoms with Crippen LogP contribution in [0.25, 0.3) is 0 Å². The number of ether oxygens (including phenoxy) is 3. The van der Waals surface area contributed by atoms with Gasteiger partial charge in [0.2, 0.25) is 6.79 Å². The molecule has 2 rings (SSSR count). The summed E-state index contributed by atoms with van der Waals surface area (Å²) >= 11 is 0. The van der Waals surface area contributed by atoms with Gasteiger partial charge in [0.1, 0.15) is 0 Å². The number of esters is 1. The molecule has 0 saturated carbocycles. The van der Waals surface area contributed by atoms with Crippen molar-refractivity contribution in [1.82, 2.24) is 5.32 Å². The summed E-state index contributed by atoms with van der Waals surface area (Å²) in [4.78, 5) is 22.6. The molecule has 1 N–H and O–H groups in total. The molecule has 1 heterocycles. The molecule has 1 aliphatic rings. The summed E-state index contributed by atoms with van der Waals surface area (Å²) in [6.07, 6.45) is 1.03. The average Bonchev–Trinajstić information content (AvgIpc) is 2.90. The summed E-state index contributed by atoms with van der Waals surface area (Å²) in [5, 5.41) is 2.68. The Morgan fingerprint density at radius 3 is 2.90 bits per heavy atom. The van der Waals surface area contributed by atoms with Gasteiger partial charge in [-0.3, -0.25) is 9.59 Å². The summed E-state index contributed by atoms with van der Waals surface area (Å²) in [5.74, 6) is 0.692. The smallest absolute Gasteiger partial charge is 0.306 e. The fourth-order valence-corrected chi connectivity index (χ4v) is 1.72. The van der Waals surface area contributed by atoms with Crippen LogP contribution in [0.5, 0.6) is 11.5 Å². The minimum atomic E-state index is -0.356. The van der Waals surface area contributed by atoms with Gasteiger partial charge in [0.25, 0.3) is 5.91 Å². The van der Waals surface area contributed by atoms with E-state index >= 15 is 0 Å². The number of amides is 1.